The molecule has 0 saturated heterocycles. The third-order valence-electron chi connectivity index (χ3n) is 4.77. The van der Waals surface area contributed by atoms with E-state index in [1.54, 1.807) is 31.2 Å². The monoisotopic (exact) mass is 449 g/mol. The van der Waals surface area contributed by atoms with E-state index in [1.165, 1.54) is 13.1 Å². The normalized spacial score (nSPS) is 13.4. The van der Waals surface area contributed by atoms with Crippen LogP contribution < -0.4 is 10.9 Å². The first-order valence-electron chi connectivity index (χ1n) is 9.07. The van der Waals surface area contributed by atoms with Gasteiger partial charge in [0.15, 0.2) is 9.84 Å². The van der Waals surface area contributed by atoms with Crippen LogP contribution in [0.1, 0.15) is 24.1 Å². The summed E-state index contributed by atoms with van der Waals surface area (Å²) in [4.78, 5) is 17.3. The van der Waals surface area contributed by atoms with Gasteiger partial charge in [-0.05, 0) is 37.6 Å². The predicted molar refractivity (Wildman–Crippen MR) is 116 cm³/mol. The van der Waals surface area contributed by atoms with Gasteiger partial charge in [-0.1, -0.05) is 18.2 Å². The summed E-state index contributed by atoms with van der Waals surface area (Å²) in [5.41, 5.74) is 1.61. The van der Waals surface area contributed by atoms with E-state index in [-0.39, 0.29) is 15.6 Å². The molecule has 1 aromatic heterocycles. The Bertz CT molecular complexity index is 1420. The average molecular weight is 450 g/mol. The van der Waals surface area contributed by atoms with E-state index in [2.05, 4.69) is 10.3 Å². The molecule has 0 aliphatic carbocycles. The molecule has 1 N–H and O–H groups in total. The highest BCUT2D eigenvalue weighted by Crippen LogP contribution is 2.29. The van der Waals surface area contributed by atoms with Crippen molar-refractivity contribution in [2.45, 2.75) is 29.9 Å². The number of anilines is 1. The van der Waals surface area contributed by atoms with Gasteiger partial charge in [0.2, 0.25) is 15.0 Å². The minimum atomic E-state index is -3.73. The Labute approximate surface area is 175 Å². The van der Waals surface area contributed by atoms with Crippen molar-refractivity contribution < 1.29 is 16.8 Å². The zero-order chi connectivity index (χ0) is 22.4. The molecular formula is C20H23N3O5S2. The van der Waals surface area contributed by atoms with Crippen LogP contribution >= 0.6 is 0 Å². The van der Waals surface area contributed by atoms with Crippen LogP contribution in [0.25, 0.3) is 10.9 Å². The van der Waals surface area contributed by atoms with Crippen LogP contribution in [-0.4, -0.2) is 38.9 Å². The van der Waals surface area contributed by atoms with Gasteiger partial charge in [-0.2, -0.15) is 0 Å². The molecule has 30 heavy (non-hydrogen) atoms. The van der Waals surface area contributed by atoms with Crippen LogP contribution in [0.2, 0.25) is 0 Å². The molecular weight excluding hydrogens is 426 g/mol. The van der Waals surface area contributed by atoms with Gasteiger partial charge < -0.3 is 5.32 Å². The van der Waals surface area contributed by atoms with Gasteiger partial charge in [0.05, 0.1) is 27.5 Å². The van der Waals surface area contributed by atoms with Crippen LogP contribution in [0, 0.1) is 6.92 Å². The molecule has 2 aromatic carbocycles. The van der Waals surface area contributed by atoms with E-state index in [9.17, 15) is 21.6 Å². The summed E-state index contributed by atoms with van der Waals surface area (Å²) >= 11 is 0. The molecule has 10 heteroatoms. The standard InChI is InChI=1S/C20H23N3O5S2/c1-12-10-14(13(2)21-16-8-6-7-9-17(16)29(4,25)26)18-15(11-12)19(24)23(3)20(22-18)30(5,27)28/h6-11,13,21H,1-5H3/t13-/m1/s1. The summed E-state index contributed by atoms with van der Waals surface area (Å²) < 4.78 is 49.5. The second-order valence-electron chi connectivity index (χ2n) is 7.42. The molecule has 0 unspecified atom stereocenters. The van der Waals surface area contributed by atoms with Crippen molar-refractivity contribution >= 4 is 36.3 Å². The smallest absolute Gasteiger partial charge is 0.261 e. The molecule has 1 atom stereocenters. The minimum absolute atomic E-state index is 0.148. The largest absolute Gasteiger partial charge is 0.377 e. The molecule has 0 bridgehead atoms. The number of para-hydroxylation sites is 1. The van der Waals surface area contributed by atoms with Crippen molar-refractivity contribution in [1.29, 1.82) is 0 Å². The second-order valence-corrected chi connectivity index (χ2v) is 11.3. The van der Waals surface area contributed by atoms with Crippen molar-refractivity contribution in [3.05, 3.63) is 57.9 Å². The maximum Gasteiger partial charge on any atom is 0.261 e. The van der Waals surface area contributed by atoms with Crippen LogP contribution in [-0.2, 0) is 26.7 Å². The van der Waals surface area contributed by atoms with E-state index in [1.807, 2.05) is 13.0 Å². The number of rotatable bonds is 5. The molecule has 0 aliphatic heterocycles. The van der Waals surface area contributed by atoms with Gasteiger partial charge in [0.25, 0.3) is 5.56 Å². The maximum atomic E-state index is 12.8. The molecule has 0 amide bonds. The van der Waals surface area contributed by atoms with E-state index >= 15 is 0 Å². The van der Waals surface area contributed by atoms with Crippen molar-refractivity contribution in [3.8, 4) is 0 Å². The zero-order valence-corrected chi connectivity index (χ0v) is 18.9. The Morgan fingerprint density at radius 1 is 1.03 bits per heavy atom. The van der Waals surface area contributed by atoms with Crippen LogP contribution in [0.5, 0.6) is 0 Å². The number of hydrogen-bond donors (Lipinski definition) is 1. The number of nitrogens with one attached hydrogen (secondary N) is 1. The van der Waals surface area contributed by atoms with Crippen molar-refractivity contribution in [1.82, 2.24) is 9.55 Å². The summed E-state index contributed by atoms with van der Waals surface area (Å²) in [6.45, 7) is 3.62. The Kier molecular flexibility index (Phi) is 5.50. The first-order valence-corrected chi connectivity index (χ1v) is 12.9. The van der Waals surface area contributed by atoms with Gasteiger partial charge in [0.1, 0.15) is 0 Å². The summed E-state index contributed by atoms with van der Waals surface area (Å²) in [6.07, 6.45) is 2.13. The first kappa shape index (κ1) is 22.0. The van der Waals surface area contributed by atoms with E-state index in [0.717, 1.165) is 22.6 Å². The van der Waals surface area contributed by atoms with Crippen LogP contribution in [0.15, 0.2) is 51.2 Å². The highest BCUT2D eigenvalue weighted by Gasteiger charge is 2.22. The molecule has 3 aromatic rings. The van der Waals surface area contributed by atoms with Crippen molar-refractivity contribution in [2.24, 2.45) is 7.05 Å². The summed E-state index contributed by atoms with van der Waals surface area (Å²) in [7, 11) is -5.82. The summed E-state index contributed by atoms with van der Waals surface area (Å²) in [5.74, 6) is 0. The van der Waals surface area contributed by atoms with Crippen LogP contribution in [0.4, 0.5) is 5.69 Å². The quantitative estimate of drug-likeness (QED) is 0.594. The molecule has 1 heterocycles. The highest BCUT2D eigenvalue weighted by molar-refractivity contribution is 7.91. The number of aryl methyl sites for hydroxylation is 1. The van der Waals surface area contributed by atoms with Gasteiger partial charge in [0, 0.05) is 25.1 Å². The molecule has 0 spiro atoms. The van der Waals surface area contributed by atoms with E-state index < -0.39 is 31.3 Å². The topological polar surface area (TPSA) is 115 Å². The lowest BCUT2D eigenvalue weighted by Gasteiger charge is -2.20. The second kappa shape index (κ2) is 7.51. The molecule has 8 nitrogen and oxygen atoms in total. The molecule has 0 radical (unpaired) electrons. The lowest BCUT2D eigenvalue weighted by Crippen LogP contribution is -2.25. The average Bonchev–Trinajstić information content (AvgIpc) is 2.63. The summed E-state index contributed by atoms with van der Waals surface area (Å²) in [6, 6.07) is 9.53. The fourth-order valence-electron chi connectivity index (χ4n) is 3.41. The number of aromatic nitrogens is 2. The highest BCUT2D eigenvalue weighted by atomic mass is 32.2. The van der Waals surface area contributed by atoms with E-state index in [4.69, 9.17) is 0 Å². The fraction of sp³-hybridized carbons (Fsp3) is 0.300. The van der Waals surface area contributed by atoms with Gasteiger partial charge in [-0.3, -0.25) is 9.36 Å². The Balaban J connectivity index is 2.24. The number of hydrogen-bond acceptors (Lipinski definition) is 7. The van der Waals surface area contributed by atoms with Crippen molar-refractivity contribution in [3.63, 3.8) is 0 Å². The number of nitrogens with zero attached hydrogens (tertiary/aromatic N) is 2. The fourth-order valence-corrected chi connectivity index (χ4v) is 5.10. The molecule has 0 saturated carbocycles. The zero-order valence-electron chi connectivity index (χ0n) is 17.3. The third-order valence-corrected chi connectivity index (χ3v) is 6.95. The van der Waals surface area contributed by atoms with E-state index in [0.29, 0.717) is 16.6 Å². The maximum absolute atomic E-state index is 12.8. The first-order chi connectivity index (χ1) is 13.8. The molecule has 0 aliphatic rings. The Morgan fingerprint density at radius 2 is 1.67 bits per heavy atom. The number of fused-ring (bicyclic) bond motifs is 1. The number of sulfone groups is 2. The molecule has 3 rings (SSSR count). The molecule has 0 fully saturated rings. The summed E-state index contributed by atoms with van der Waals surface area (Å²) in [5, 5.41) is 3.14. The van der Waals surface area contributed by atoms with Crippen LogP contribution in [0.3, 0.4) is 0 Å². The SMILES string of the molecule is Cc1cc([C@@H](C)Nc2ccccc2S(C)(=O)=O)c2nc(S(C)(=O)=O)n(C)c(=O)c2c1. The Morgan fingerprint density at radius 3 is 2.27 bits per heavy atom. The Hall–Kier alpha value is -2.72. The van der Waals surface area contributed by atoms with Gasteiger partial charge in [-0.15, -0.1) is 0 Å². The van der Waals surface area contributed by atoms with Crippen molar-refractivity contribution in [2.75, 3.05) is 17.8 Å². The minimum Gasteiger partial charge on any atom is -0.377 e. The predicted octanol–water partition coefficient (Wildman–Crippen LogP) is 2.22. The van der Waals surface area contributed by atoms with Gasteiger partial charge >= 0.3 is 0 Å². The number of benzene rings is 2. The lowest BCUT2D eigenvalue weighted by atomic mass is 10.0. The lowest BCUT2D eigenvalue weighted by molar-refractivity contribution is 0.578. The third kappa shape index (κ3) is 4.10. The van der Waals surface area contributed by atoms with Gasteiger partial charge in [-0.25, -0.2) is 21.8 Å². The molecule has 160 valence electrons.